The fraction of sp³-hybridized carbons (Fsp3) is 0.227. The Bertz CT molecular complexity index is 1280. The molecule has 2 aromatic carbocycles. The van der Waals surface area contributed by atoms with Gasteiger partial charge < -0.3 is 4.57 Å². The third-order valence-corrected chi connectivity index (χ3v) is 8.78. The van der Waals surface area contributed by atoms with Crippen LogP contribution >= 0.6 is 11.3 Å². The van der Waals surface area contributed by atoms with Gasteiger partial charge in [0.25, 0.3) is 10.0 Å². The first kappa shape index (κ1) is 19.4. The maximum atomic E-state index is 13.4. The van der Waals surface area contributed by atoms with Crippen molar-refractivity contribution < 1.29 is 12.8 Å². The number of fused-ring (bicyclic) bond motifs is 1. The van der Waals surface area contributed by atoms with E-state index in [9.17, 15) is 12.8 Å². The highest BCUT2D eigenvalue weighted by atomic mass is 32.2. The number of halogens is 1. The Kier molecular flexibility index (Phi) is 4.92. The summed E-state index contributed by atoms with van der Waals surface area (Å²) in [6, 6.07) is 17.3. The van der Waals surface area contributed by atoms with Crippen molar-refractivity contribution in [2.75, 3.05) is 6.54 Å². The van der Waals surface area contributed by atoms with E-state index in [0.29, 0.717) is 17.3 Å². The normalized spacial score (nSPS) is 17.7. The van der Waals surface area contributed by atoms with Crippen molar-refractivity contribution in [3.05, 3.63) is 83.2 Å². The molecule has 1 aliphatic heterocycles. The Balaban J connectivity index is 1.60. The lowest BCUT2D eigenvalue weighted by Crippen LogP contribution is -2.31. The Hall–Kier alpha value is -2.55. The van der Waals surface area contributed by atoms with Crippen LogP contribution < -0.4 is 0 Å². The number of sulfonamides is 1. The van der Waals surface area contributed by atoms with Crippen LogP contribution in [0.5, 0.6) is 0 Å². The van der Waals surface area contributed by atoms with Crippen molar-refractivity contribution in [2.45, 2.75) is 29.6 Å². The Labute approximate surface area is 178 Å². The third-order valence-electron chi connectivity index (χ3n) is 5.50. The van der Waals surface area contributed by atoms with Crippen molar-refractivity contribution in [1.82, 2.24) is 13.9 Å². The number of hydrogen-bond donors (Lipinski definition) is 0. The molecule has 0 radical (unpaired) electrons. The number of para-hydroxylation sites is 2. The van der Waals surface area contributed by atoms with E-state index in [2.05, 4.69) is 4.57 Å². The van der Waals surface area contributed by atoms with Crippen LogP contribution in [0, 0.1) is 5.82 Å². The van der Waals surface area contributed by atoms with Crippen LogP contribution in [0.25, 0.3) is 11.0 Å². The SMILES string of the molecule is O=S(=O)(c1cccs1)N1CCC[C@@H]1c1nc2ccccc2n1Cc1ccc(F)cc1. The number of aromatic nitrogens is 2. The van der Waals surface area contributed by atoms with Crippen molar-refractivity contribution in [2.24, 2.45) is 0 Å². The van der Waals surface area contributed by atoms with Gasteiger partial charge in [0.05, 0.1) is 17.1 Å². The molecule has 3 heterocycles. The van der Waals surface area contributed by atoms with E-state index in [0.717, 1.165) is 35.3 Å². The first-order chi connectivity index (χ1) is 14.5. The van der Waals surface area contributed by atoms with E-state index >= 15 is 0 Å². The molecule has 8 heteroatoms. The highest BCUT2D eigenvalue weighted by Gasteiger charge is 2.39. The standard InChI is InChI=1S/C22H20FN3O2S2/c23-17-11-9-16(10-12-17)15-25-19-6-2-1-5-18(19)24-22(25)20-7-3-13-26(20)30(27,28)21-8-4-14-29-21/h1-2,4-6,8-12,14,20H,3,7,13,15H2/t20-/m1/s1. The highest BCUT2D eigenvalue weighted by Crippen LogP contribution is 2.38. The zero-order chi connectivity index (χ0) is 20.7. The summed E-state index contributed by atoms with van der Waals surface area (Å²) >= 11 is 1.23. The number of nitrogens with zero attached hydrogens (tertiary/aromatic N) is 3. The predicted octanol–water partition coefficient (Wildman–Crippen LogP) is 4.81. The van der Waals surface area contributed by atoms with E-state index in [1.807, 2.05) is 24.3 Å². The second-order valence-corrected chi connectivity index (χ2v) is 10.4. The van der Waals surface area contributed by atoms with Crippen molar-refractivity contribution in [3.63, 3.8) is 0 Å². The van der Waals surface area contributed by atoms with Gasteiger partial charge in [0.2, 0.25) is 0 Å². The third kappa shape index (κ3) is 3.34. The monoisotopic (exact) mass is 441 g/mol. The quantitative estimate of drug-likeness (QED) is 0.447. The molecule has 4 aromatic rings. The molecule has 154 valence electrons. The minimum atomic E-state index is -3.58. The fourth-order valence-electron chi connectivity index (χ4n) is 4.10. The summed E-state index contributed by atoms with van der Waals surface area (Å²) < 4.78 is 43.9. The maximum Gasteiger partial charge on any atom is 0.253 e. The van der Waals surface area contributed by atoms with Crippen molar-refractivity contribution in [1.29, 1.82) is 0 Å². The maximum absolute atomic E-state index is 13.4. The molecule has 0 aliphatic carbocycles. The van der Waals surface area contributed by atoms with E-state index in [-0.39, 0.29) is 11.9 Å². The molecule has 1 aliphatic rings. The van der Waals surface area contributed by atoms with Crippen LogP contribution in [0.1, 0.15) is 30.3 Å². The van der Waals surface area contributed by atoms with Gasteiger partial charge in [-0.3, -0.25) is 0 Å². The van der Waals surface area contributed by atoms with Gasteiger partial charge in [-0.1, -0.05) is 30.3 Å². The molecule has 0 N–H and O–H groups in total. The summed E-state index contributed by atoms with van der Waals surface area (Å²) in [7, 11) is -3.58. The van der Waals surface area contributed by atoms with Crippen LogP contribution in [-0.2, 0) is 16.6 Å². The first-order valence-electron chi connectivity index (χ1n) is 9.79. The molecule has 0 amide bonds. The molecular formula is C22H20FN3O2S2. The van der Waals surface area contributed by atoms with Gasteiger partial charge in [-0.2, -0.15) is 4.31 Å². The summed E-state index contributed by atoms with van der Waals surface area (Å²) in [5, 5.41) is 1.78. The smallest absolute Gasteiger partial charge is 0.253 e. The Morgan fingerprint density at radius 3 is 2.63 bits per heavy atom. The summed E-state index contributed by atoms with van der Waals surface area (Å²) in [5.41, 5.74) is 2.71. The zero-order valence-electron chi connectivity index (χ0n) is 16.1. The van der Waals surface area contributed by atoms with Gasteiger partial charge in [-0.25, -0.2) is 17.8 Å². The molecule has 2 aromatic heterocycles. The van der Waals surface area contributed by atoms with E-state index in [1.165, 1.54) is 23.5 Å². The van der Waals surface area contributed by atoms with Gasteiger partial charge in [0.15, 0.2) is 0 Å². The van der Waals surface area contributed by atoms with Crippen molar-refractivity contribution in [3.8, 4) is 0 Å². The number of rotatable bonds is 5. The van der Waals surface area contributed by atoms with Gasteiger partial charge >= 0.3 is 0 Å². The topological polar surface area (TPSA) is 55.2 Å². The lowest BCUT2D eigenvalue weighted by molar-refractivity contribution is 0.377. The second-order valence-electron chi connectivity index (χ2n) is 7.38. The molecule has 0 saturated carbocycles. The number of hydrogen-bond acceptors (Lipinski definition) is 4. The average molecular weight is 442 g/mol. The van der Waals surface area contributed by atoms with Crippen LogP contribution in [-0.4, -0.2) is 28.8 Å². The highest BCUT2D eigenvalue weighted by molar-refractivity contribution is 7.91. The van der Waals surface area contributed by atoms with Gasteiger partial charge in [0, 0.05) is 13.1 Å². The molecule has 1 saturated heterocycles. The minimum absolute atomic E-state index is 0.279. The molecule has 0 spiro atoms. The van der Waals surface area contributed by atoms with E-state index in [4.69, 9.17) is 4.98 Å². The summed E-state index contributed by atoms with van der Waals surface area (Å²) in [4.78, 5) is 4.84. The number of thiophene rings is 1. The predicted molar refractivity (Wildman–Crippen MR) is 115 cm³/mol. The first-order valence-corrected chi connectivity index (χ1v) is 12.1. The molecule has 5 rings (SSSR count). The van der Waals surface area contributed by atoms with Crippen LogP contribution in [0.3, 0.4) is 0 Å². The second kappa shape index (κ2) is 7.61. The summed E-state index contributed by atoms with van der Waals surface area (Å²) in [5.74, 6) is 0.455. The molecule has 5 nitrogen and oxygen atoms in total. The summed E-state index contributed by atoms with van der Waals surface area (Å²) in [6.45, 7) is 0.976. The average Bonchev–Trinajstić information content (AvgIpc) is 3.50. The molecule has 30 heavy (non-hydrogen) atoms. The molecule has 1 fully saturated rings. The van der Waals surface area contributed by atoms with Crippen molar-refractivity contribution >= 4 is 32.4 Å². The van der Waals surface area contributed by atoms with E-state index < -0.39 is 10.0 Å². The molecule has 0 bridgehead atoms. The minimum Gasteiger partial charge on any atom is -0.322 e. The largest absolute Gasteiger partial charge is 0.322 e. The van der Waals surface area contributed by atoms with E-state index in [1.54, 1.807) is 34.0 Å². The number of benzene rings is 2. The lowest BCUT2D eigenvalue weighted by atomic mass is 10.2. The zero-order valence-corrected chi connectivity index (χ0v) is 17.7. The van der Waals surface area contributed by atoms with Gasteiger partial charge in [-0.05, 0) is 54.1 Å². The van der Waals surface area contributed by atoms with Gasteiger partial charge in [-0.15, -0.1) is 11.3 Å². The Morgan fingerprint density at radius 2 is 1.87 bits per heavy atom. The van der Waals surface area contributed by atoms with Crippen LogP contribution in [0.2, 0.25) is 0 Å². The number of imidazole rings is 1. The fourth-order valence-corrected chi connectivity index (χ4v) is 6.87. The van der Waals surface area contributed by atoms with Crippen LogP contribution in [0.15, 0.2) is 70.3 Å². The molecule has 1 atom stereocenters. The summed E-state index contributed by atoms with van der Waals surface area (Å²) in [6.07, 6.45) is 1.51. The molecular weight excluding hydrogens is 421 g/mol. The van der Waals surface area contributed by atoms with Gasteiger partial charge in [0.1, 0.15) is 15.9 Å². The molecule has 0 unspecified atom stereocenters. The lowest BCUT2D eigenvalue weighted by Gasteiger charge is -2.24. The van der Waals surface area contributed by atoms with Crippen LogP contribution in [0.4, 0.5) is 4.39 Å². The Morgan fingerprint density at radius 1 is 1.07 bits per heavy atom.